The number of aliphatic hydroxyl groups is 1. The summed E-state index contributed by atoms with van der Waals surface area (Å²) >= 11 is 0. The Kier molecular flexibility index (Phi) is 4.16. The van der Waals surface area contributed by atoms with Crippen molar-refractivity contribution in [3.05, 3.63) is 65.0 Å². The van der Waals surface area contributed by atoms with Gasteiger partial charge in [-0.25, -0.2) is 0 Å². The number of nitriles is 1. The summed E-state index contributed by atoms with van der Waals surface area (Å²) in [5, 5.41) is 19.4. The topological polar surface area (TPSA) is 56.9 Å². The zero-order chi connectivity index (χ0) is 14.6. The van der Waals surface area contributed by atoms with Crippen LogP contribution in [0, 0.1) is 11.3 Å². The third-order valence-corrected chi connectivity index (χ3v) is 3.46. The summed E-state index contributed by atoms with van der Waals surface area (Å²) in [6, 6.07) is 13.1. The first-order valence-electron chi connectivity index (χ1n) is 6.72. The Balaban J connectivity index is 2.18. The first kappa shape index (κ1) is 14.2. The molecule has 2 rings (SSSR count). The van der Waals surface area contributed by atoms with E-state index in [1.165, 1.54) is 5.56 Å². The number of aromatic nitrogens is 1. The molecule has 0 aliphatic carbocycles. The molecule has 0 radical (unpaired) electrons. The molecule has 0 saturated carbocycles. The lowest BCUT2D eigenvalue weighted by atomic mass is 9.90. The summed E-state index contributed by atoms with van der Waals surface area (Å²) in [6.45, 7) is 3.85. The number of aryl methyl sites for hydroxylation is 1. The van der Waals surface area contributed by atoms with Crippen molar-refractivity contribution in [3.63, 3.8) is 0 Å². The fourth-order valence-electron chi connectivity index (χ4n) is 2.13. The molecule has 0 aliphatic heterocycles. The molecule has 1 aromatic carbocycles. The van der Waals surface area contributed by atoms with Crippen molar-refractivity contribution in [3.8, 4) is 6.07 Å². The van der Waals surface area contributed by atoms with Crippen LogP contribution in [0.2, 0.25) is 0 Å². The van der Waals surface area contributed by atoms with E-state index in [9.17, 15) is 5.11 Å². The average Bonchev–Trinajstić information content (AvgIpc) is 2.48. The van der Waals surface area contributed by atoms with Crippen molar-refractivity contribution in [2.24, 2.45) is 0 Å². The summed E-state index contributed by atoms with van der Waals surface area (Å²) in [5.74, 6) is 0. The van der Waals surface area contributed by atoms with E-state index in [1.807, 2.05) is 18.3 Å². The van der Waals surface area contributed by atoms with Crippen LogP contribution in [0.15, 0.2) is 42.6 Å². The van der Waals surface area contributed by atoms with Gasteiger partial charge >= 0.3 is 0 Å². The van der Waals surface area contributed by atoms with E-state index in [1.54, 1.807) is 31.2 Å². The second kappa shape index (κ2) is 5.85. The Hall–Kier alpha value is -2.18. The molecular weight excluding hydrogens is 248 g/mol. The molecule has 2 aromatic rings. The van der Waals surface area contributed by atoms with Gasteiger partial charge < -0.3 is 5.11 Å². The molecule has 3 heteroatoms. The Morgan fingerprint density at radius 1 is 1.20 bits per heavy atom. The van der Waals surface area contributed by atoms with Gasteiger partial charge in [-0.3, -0.25) is 4.98 Å². The quantitative estimate of drug-likeness (QED) is 0.925. The summed E-state index contributed by atoms with van der Waals surface area (Å²) in [5.41, 5.74) is 2.44. The summed E-state index contributed by atoms with van der Waals surface area (Å²) < 4.78 is 0. The van der Waals surface area contributed by atoms with Crippen molar-refractivity contribution in [1.29, 1.82) is 5.26 Å². The highest BCUT2D eigenvalue weighted by molar-refractivity contribution is 5.34. The molecule has 1 aromatic heterocycles. The SMILES string of the molecule is CCc1ccc(CC(C)(O)c2ccc(C#N)cc2)nc1. The summed E-state index contributed by atoms with van der Waals surface area (Å²) in [6.07, 6.45) is 3.26. The zero-order valence-corrected chi connectivity index (χ0v) is 11.8. The van der Waals surface area contributed by atoms with E-state index >= 15 is 0 Å². The van der Waals surface area contributed by atoms with Gasteiger partial charge in [0.2, 0.25) is 0 Å². The van der Waals surface area contributed by atoms with E-state index in [0.29, 0.717) is 12.0 Å². The van der Waals surface area contributed by atoms with Crippen LogP contribution in [0.1, 0.15) is 36.2 Å². The standard InChI is InChI=1S/C17H18N2O/c1-3-13-6-9-16(19-12-13)10-17(2,20)15-7-4-14(11-18)5-8-15/h4-9,12,20H,3,10H2,1-2H3. The number of nitrogens with zero attached hydrogens (tertiary/aromatic N) is 2. The lowest BCUT2D eigenvalue weighted by molar-refractivity contribution is 0.0566. The molecule has 1 atom stereocenters. The molecule has 1 N–H and O–H groups in total. The van der Waals surface area contributed by atoms with Crippen LogP contribution in [0.4, 0.5) is 0 Å². The second-order valence-electron chi connectivity index (χ2n) is 5.15. The van der Waals surface area contributed by atoms with Crippen LogP contribution in [-0.4, -0.2) is 10.1 Å². The predicted molar refractivity (Wildman–Crippen MR) is 78.0 cm³/mol. The van der Waals surface area contributed by atoms with Gasteiger partial charge in [-0.05, 0) is 42.7 Å². The summed E-state index contributed by atoms with van der Waals surface area (Å²) in [4.78, 5) is 4.38. The van der Waals surface area contributed by atoms with E-state index in [0.717, 1.165) is 17.7 Å². The summed E-state index contributed by atoms with van der Waals surface area (Å²) in [7, 11) is 0. The molecular formula is C17H18N2O. The lowest BCUT2D eigenvalue weighted by Gasteiger charge is -2.23. The maximum Gasteiger partial charge on any atom is 0.0991 e. The van der Waals surface area contributed by atoms with Crippen molar-refractivity contribution >= 4 is 0 Å². The Morgan fingerprint density at radius 3 is 2.40 bits per heavy atom. The van der Waals surface area contributed by atoms with E-state index in [-0.39, 0.29) is 0 Å². The molecule has 0 fully saturated rings. The highest BCUT2D eigenvalue weighted by Crippen LogP contribution is 2.25. The molecule has 3 nitrogen and oxygen atoms in total. The van der Waals surface area contributed by atoms with Crippen LogP contribution in [0.3, 0.4) is 0 Å². The minimum atomic E-state index is -0.991. The number of pyridine rings is 1. The number of benzene rings is 1. The van der Waals surface area contributed by atoms with Gasteiger partial charge in [0.05, 0.1) is 17.2 Å². The van der Waals surface area contributed by atoms with Crippen LogP contribution in [-0.2, 0) is 18.4 Å². The minimum Gasteiger partial charge on any atom is -0.385 e. The Bertz CT molecular complexity index is 607. The monoisotopic (exact) mass is 266 g/mol. The molecule has 20 heavy (non-hydrogen) atoms. The molecule has 0 saturated heterocycles. The fraction of sp³-hybridized carbons (Fsp3) is 0.294. The Morgan fingerprint density at radius 2 is 1.90 bits per heavy atom. The van der Waals surface area contributed by atoms with Gasteiger partial charge in [-0.15, -0.1) is 0 Å². The number of rotatable bonds is 4. The molecule has 0 amide bonds. The van der Waals surface area contributed by atoms with E-state index in [2.05, 4.69) is 18.0 Å². The average molecular weight is 266 g/mol. The van der Waals surface area contributed by atoms with E-state index < -0.39 is 5.60 Å². The van der Waals surface area contributed by atoms with Gasteiger partial charge in [0, 0.05) is 18.3 Å². The van der Waals surface area contributed by atoms with Gasteiger partial charge in [0.25, 0.3) is 0 Å². The molecule has 0 spiro atoms. The van der Waals surface area contributed by atoms with Crippen molar-refractivity contribution in [2.45, 2.75) is 32.3 Å². The third kappa shape index (κ3) is 3.23. The molecule has 1 heterocycles. The molecule has 0 aliphatic rings. The Labute approximate surface area is 119 Å². The maximum atomic E-state index is 10.6. The number of hydrogen-bond acceptors (Lipinski definition) is 3. The zero-order valence-electron chi connectivity index (χ0n) is 11.8. The van der Waals surface area contributed by atoms with Crippen molar-refractivity contribution < 1.29 is 5.11 Å². The normalized spacial score (nSPS) is 13.5. The maximum absolute atomic E-state index is 10.6. The second-order valence-corrected chi connectivity index (χ2v) is 5.15. The highest BCUT2D eigenvalue weighted by atomic mass is 16.3. The van der Waals surface area contributed by atoms with Gasteiger partial charge in [0.1, 0.15) is 0 Å². The minimum absolute atomic E-state index is 0.447. The molecule has 102 valence electrons. The van der Waals surface area contributed by atoms with Gasteiger partial charge in [0.15, 0.2) is 0 Å². The highest BCUT2D eigenvalue weighted by Gasteiger charge is 2.24. The largest absolute Gasteiger partial charge is 0.385 e. The van der Waals surface area contributed by atoms with Gasteiger partial charge in [-0.2, -0.15) is 5.26 Å². The predicted octanol–water partition coefficient (Wildman–Crippen LogP) is 2.97. The van der Waals surface area contributed by atoms with Crippen LogP contribution in [0.5, 0.6) is 0 Å². The first-order chi connectivity index (χ1) is 9.55. The van der Waals surface area contributed by atoms with Gasteiger partial charge in [-0.1, -0.05) is 25.1 Å². The van der Waals surface area contributed by atoms with Crippen LogP contribution in [0.25, 0.3) is 0 Å². The molecule has 0 bridgehead atoms. The van der Waals surface area contributed by atoms with E-state index in [4.69, 9.17) is 5.26 Å². The number of hydrogen-bond donors (Lipinski definition) is 1. The van der Waals surface area contributed by atoms with Crippen LogP contribution >= 0.6 is 0 Å². The third-order valence-electron chi connectivity index (χ3n) is 3.46. The van der Waals surface area contributed by atoms with Crippen molar-refractivity contribution in [1.82, 2.24) is 4.98 Å². The fourth-order valence-corrected chi connectivity index (χ4v) is 2.13. The first-order valence-corrected chi connectivity index (χ1v) is 6.72. The molecule has 1 unspecified atom stereocenters. The van der Waals surface area contributed by atoms with Crippen molar-refractivity contribution in [2.75, 3.05) is 0 Å². The van der Waals surface area contributed by atoms with Crippen LogP contribution < -0.4 is 0 Å². The lowest BCUT2D eigenvalue weighted by Crippen LogP contribution is -2.24. The smallest absolute Gasteiger partial charge is 0.0991 e.